The second-order valence-electron chi connectivity index (χ2n) is 11.0. The molecule has 1 aliphatic carbocycles. The molecule has 1 aromatic heterocycles. The number of aromatic nitrogens is 1. The molecule has 0 radical (unpaired) electrons. The van der Waals surface area contributed by atoms with E-state index < -0.39 is 5.91 Å². The van der Waals surface area contributed by atoms with Crippen molar-refractivity contribution in [1.29, 1.82) is 0 Å². The summed E-state index contributed by atoms with van der Waals surface area (Å²) in [7, 11) is 3.28. The summed E-state index contributed by atoms with van der Waals surface area (Å²) in [5.74, 6) is 1.03. The van der Waals surface area contributed by atoms with Crippen LogP contribution in [-0.4, -0.2) is 24.7 Å². The molecule has 0 unspecified atom stereocenters. The zero-order chi connectivity index (χ0) is 25.5. The van der Waals surface area contributed by atoms with Gasteiger partial charge in [-0.1, -0.05) is 45.9 Å². The second-order valence-corrected chi connectivity index (χ2v) is 11.0. The van der Waals surface area contributed by atoms with E-state index >= 15 is 0 Å². The van der Waals surface area contributed by atoms with Crippen molar-refractivity contribution in [3.05, 3.63) is 70.4 Å². The minimum absolute atomic E-state index is 0.111. The highest BCUT2D eigenvalue weighted by Gasteiger charge is 2.37. The molecule has 2 N–H and O–H groups in total. The van der Waals surface area contributed by atoms with Gasteiger partial charge in [0.15, 0.2) is 11.5 Å². The first-order valence-electron chi connectivity index (χ1n) is 12.3. The number of primary amides is 1. The van der Waals surface area contributed by atoms with Crippen LogP contribution in [0.4, 0.5) is 0 Å². The van der Waals surface area contributed by atoms with E-state index in [0.29, 0.717) is 17.1 Å². The summed E-state index contributed by atoms with van der Waals surface area (Å²) in [4.78, 5) is 12.2. The number of carbonyl (C=O) groups excluding carboxylic acids is 1. The third-order valence-corrected chi connectivity index (χ3v) is 7.85. The molecule has 5 nitrogen and oxygen atoms in total. The Morgan fingerprint density at radius 2 is 1.57 bits per heavy atom. The molecule has 1 amide bonds. The minimum atomic E-state index is -0.395. The first-order chi connectivity index (χ1) is 16.5. The van der Waals surface area contributed by atoms with Crippen LogP contribution >= 0.6 is 0 Å². The van der Waals surface area contributed by atoms with Gasteiger partial charge in [-0.2, -0.15) is 0 Å². The Hall–Kier alpha value is -3.21. The van der Waals surface area contributed by atoms with Gasteiger partial charge in [0.05, 0.1) is 19.8 Å². The molecule has 5 heteroatoms. The van der Waals surface area contributed by atoms with E-state index in [1.54, 1.807) is 14.2 Å². The monoisotopic (exact) mass is 474 g/mol. The molecule has 1 heterocycles. The molecule has 2 aromatic carbocycles. The third-order valence-electron chi connectivity index (χ3n) is 7.85. The Bertz CT molecular complexity index is 1270. The summed E-state index contributed by atoms with van der Waals surface area (Å²) in [6, 6.07) is 14.8. The summed E-state index contributed by atoms with van der Waals surface area (Å²) in [5.41, 5.74) is 13.6. The van der Waals surface area contributed by atoms with E-state index in [0.717, 1.165) is 41.9 Å². The maximum Gasteiger partial charge on any atom is 0.250 e. The molecule has 4 rings (SSSR count). The van der Waals surface area contributed by atoms with Gasteiger partial charge in [0.25, 0.3) is 5.91 Å². The summed E-state index contributed by atoms with van der Waals surface area (Å²) < 4.78 is 13.1. The lowest BCUT2D eigenvalue weighted by Crippen LogP contribution is -2.33. The maximum atomic E-state index is 12.2. The summed E-state index contributed by atoms with van der Waals surface area (Å²) in [6.07, 6.45) is 3.12. The number of methoxy groups -OCH3 is 2. The quantitative estimate of drug-likeness (QED) is 0.445. The van der Waals surface area contributed by atoms with Crippen LogP contribution in [0.3, 0.4) is 0 Å². The van der Waals surface area contributed by atoms with E-state index in [4.69, 9.17) is 15.2 Å². The number of hydrogen-bond acceptors (Lipinski definition) is 3. The van der Waals surface area contributed by atoms with Crippen LogP contribution in [-0.2, 0) is 23.8 Å². The fourth-order valence-corrected chi connectivity index (χ4v) is 5.45. The molecule has 0 spiro atoms. The molecule has 0 fully saturated rings. The standard InChI is InChI=1S/C30H38N2O3/c1-19-22(28(31)33)18-25(32(19)15-12-20-8-11-26(34-6)27(16-20)35-7)21-9-10-23-24(17-21)30(4,5)14-13-29(23,2)3/h8-11,16-18H,12-15H2,1-7H3,(H2,31,33). The Morgan fingerprint density at radius 1 is 0.914 bits per heavy atom. The van der Waals surface area contributed by atoms with Crippen LogP contribution in [0.2, 0.25) is 0 Å². The zero-order valence-electron chi connectivity index (χ0n) is 22.1. The Labute approximate surface area is 209 Å². The summed E-state index contributed by atoms with van der Waals surface area (Å²) in [5, 5.41) is 0. The predicted octanol–water partition coefficient (Wildman–Crippen LogP) is 6.17. The van der Waals surface area contributed by atoms with Crippen LogP contribution in [0, 0.1) is 6.92 Å². The number of benzene rings is 2. The van der Waals surface area contributed by atoms with Crippen molar-refractivity contribution in [1.82, 2.24) is 4.57 Å². The highest BCUT2D eigenvalue weighted by atomic mass is 16.5. The molecule has 35 heavy (non-hydrogen) atoms. The largest absolute Gasteiger partial charge is 0.493 e. The van der Waals surface area contributed by atoms with Crippen LogP contribution in [0.5, 0.6) is 11.5 Å². The molecule has 0 saturated carbocycles. The lowest BCUT2D eigenvalue weighted by atomic mass is 9.63. The fourth-order valence-electron chi connectivity index (χ4n) is 5.45. The van der Waals surface area contributed by atoms with Crippen LogP contribution in [0.25, 0.3) is 11.3 Å². The Morgan fingerprint density at radius 3 is 2.20 bits per heavy atom. The van der Waals surface area contributed by atoms with Crippen molar-refractivity contribution in [2.45, 2.75) is 71.3 Å². The molecule has 0 atom stereocenters. The van der Waals surface area contributed by atoms with Gasteiger partial charge in [0, 0.05) is 17.9 Å². The highest BCUT2D eigenvalue weighted by molar-refractivity contribution is 5.95. The van der Waals surface area contributed by atoms with Gasteiger partial charge >= 0.3 is 0 Å². The number of fused-ring (bicyclic) bond motifs is 1. The minimum Gasteiger partial charge on any atom is -0.493 e. The molecule has 0 bridgehead atoms. The number of aryl methyl sites for hydroxylation is 1. The van der Waals surface area contributed by atoms with Gasteiger partial charge in [-0.05, 0) is 83.5 Å². The SMILES string of the molecule is COc1ccc(CCn2c(-c3ccc4c(c3)C(C)(C)CCC4(C)C)cc(C(N)=O)c2C)cc1OC. The number of amides is 1. The molecule has 0 saturated heterocycles. The lowest BCUT2D eigenvalue weighted by molar-refractivity contribution is 0.0999. The van der Waals surface area contributed by atoms with Gasteiger partial charge in [0.1, 0.15) is 0 Å². The van der Waals surface area contributed by atoms with Gasteiger partial charge in [-0.3, -0.25) is 4.79 Å². The average Bonchev–Trinajstić information content (AvgIpc) is 3.16. The lowest BCUT2D eigenvalue weighted by Gasteiger charge is -2.42. The van der Waals surface area contributed by atoms with Gasteiger partial charge in [-0.25, -0.2) is 0 Å². The molecule has 1 aliphatic rings. The predicted molar refractivity (Wildman–Crippen MR) is 142 cm³/mol. The molecule has 3 aromatic rings. The fraction of sp³-hybridized carbons (Fsp3) is 0.433. The van der Waals surface area contributed by atoms with Crippen LogP contribution < -0.4 is 15.2 Å². The van der Waals surface area contributed by atoms with Crippen molar-refractivity contribution < 1.29 is 14.3 Å². The number of hydrogen-bond donors (Lipinski definition) is 1. The van der Waals surface area contributed by atoms with Crippen molar-refractivity contribution in [2.75, 3.05) is 14.2 Å². The zero-order valence-corrected chi connectivity index (χ0v) is 22.1. The van der Waals surface area contributed by atoms with Crippen molar-refractivity contribution in [3.63, 3.8) is 0 Å². The van der Waals surface area contributed by atoms with Crippen LogP contribution in [0.15, 0.2) is 42.5 Å². The number of nitrogens with two attached hydrogens (primary N) is 1. The normalized spacial score (nSPS) is 16.0. The third kappa shape index (κ3) is 4.56. The highest BCUT2D eigenvalue weighted by Crippen LogP contribution is 2.47. The van der Waals surface area contributed by atoms with Crippen molar-refractivity contribution >= 4 is 5.91 Å². The van der Waals surface area contributed by atoms with E-state index in [1.165, 1.54) is 17.5 Å². The number of rotatable bonds is 7. The first-order valence-corrected chi connectivity index (χ1v) is 12.3. The number of ether oxygens (including phenoxy) is 2. The average molecular weight is 475 g/mol. The first kappa shape index (κ1) is 24.9. The number of carbonyl (C=O) groups is 1. The van der Waals surface area contributed by atoms with Gasteiger partial charge in [-0.15, -0.1) is 0 Å². The molecule has 0 aliphatic heterocycles. The van der Waals surface area contributed by atoms with Gasteiger partial charge in [0.2, 0.25) is 0 Å². The van der Waals surface area contributed by atoms with E-state index in [1.807, 2.05) is 25.1 Å². The topological polar surface area (TPSA) is 66.5 Å². The molecular weight excluding hydrogens is 436 g/mol. The Kier molecular flexibility index (Phi) is 6.48. The Balaban J connectivity index is 1.76. The maximum absolute atomic E-state index is 12.2. The van der Waals surface area contributed by atoms with Crippen molar-refractivity contribution in [3.8, 4) is 22.8 Å². The summed E-state index contributed by atoms with van der Waals surface area (Å²) >= 11 is 0. The van der Waals surface area contributed by atoms with E-state index in [2.05, 4.69) is 56.5 Å². The van der Waals surface area contributed by atoms with Gasteiger partial charge < -0.3 is 19.8 Å². The molecular formula is C30H38N2O3. The van der Waals surface area contributed by atoms with Crippen LogP contribution in [0.1, 0.15) is 73.3 Å². The van der Waals surface area contributed by atoms with Crippen molar-refractivity contribution in [2.24, 2.45) is 5.73 Å². The second kappa shape index (κ2) is 9.10. The number of nitrogens with zero attached hydrogens (tertiary/aromatic N) is 1. The van der Waals surface area contributed by atoms with E-state index in [9.17, 15) is 4.79 Å². The smallest absolute Gasteiger partial charge is 0.250 e. The molecule has 186 valence electrons. The van der Waals surface area contributed by atoms with E-state index in [-0.39, 0.29) is 10.8 Å². The summed E-state index contributed by atoms with van der Waals surface area (Å²) in [6.45, 7) is 12.0.